The number of fused-ring (bicyclic) bond motifs is 1. The van der Waals surface area contributed by atoms with Crippen molar-refractivity contribution >= 4 is 11.0 Å². The number of imidazole rings is 1. The third kappa shape index (κ3) is 2.41. The molecule has 0 aliphatic carbocycles. The lowest BCUT2D eigenvalue weighted by Crippen LogP contribution is -2.34. The van der Waals surface area contributed by atoms with Crippen LogP contribution in [-0.2, 0) is 6.54 Å². The van der Waals surface area contributed by atoms with E-state index >= 15 is 0 Å². The zero-order chi connectivity index (χ0) is 12.5. The molecule has 1 N–H and O–H groups in total. The minimum atomic E-state index is 0.824. The maximum Gasteiger partial charge on any atom is 0.121 e. The molecule has 1 aromatic heterocycles. The molecule has 1 saturated heterocycles. The van der Waals surface area contributed by atoms with Crippen LogP contribution >= 0.6 is 0 Å². The van der Waals surface area contributed by atoms with E-state index in [-0.39, 0.29) is 0 Å². The number of rotatable bonds is 2. The zero-order valence-electron chi connectivity index (χ0n) is 11.2. The Morgan fingerprint density at radius 1 is 1.44 bits per heavy atom. The summed E-state index contributed by atoms with van der Waals surface area (Å²) in [6.07, 6.45) is 2.69. The van der Waals surface area contributed by atoms with Gasteiger partial charge in [-0.25, -0.2) is 4.98 Å². The van der Waals surface area contributed by atoms with Gasteiger partial charge in [0.1, 0.15) is 5.82 Å². The number of aromatic amines is 1. The Morgan fingerprint density at radius 2 is 2.33 bits per heavy atom. The maximum absolute atomic E-state index is 4.68. The summed E-state index contributed by atoms with van der Waals surface area (Å²) in [5.41, 5.74) is 3.53. The normalized spacial score (nSPS) is 21.6. The molecular formula is C15H21N3. The van der Waals surface area contributed by atoms with Crippen molar-refractivity contribution in [3.05, 3.63) is 29.6 Å². The van der Waals surface area contributed by atoms with E-state index in [4.69, 9.17) is 0 Å². The summed E-state index contributed by atoms with van der Waals surface area (Å²) < 4.78 is 0. The first-order valence-corrected chi connectivity index (χ1v) is 6.88. The first-order chi connectivity index (χ1) is 8.70. The van der Waals surface area contributed by atoms with Crippen molar-refractivity contribution in [3.63, 3.8) is 0 Å². The second-order valence-electron chi connectivity index (χ2n) is 5.69. The summed E-state index contributed by atoms with van der Waals surface area (Å²) in [6.45, 7) is 7.83. The van der Waals surface area contributed by atoms with E-state index < -0.39 is 0 Å². The van der Waals surface area contributed by atoms with Crippen LogP contribution in [0.25, 0.3) is 11.0 Å². The number of hydrogen-bond donors (Lipinski definition) is 1. The molecule has 1 fully saturated rings. The van der Waals surface area contributed by atoms with Crippen molar-refractivity contribution in [2.24, 2.45) is 5.92 Å². The van der Waals surface area contributed by atoms with E-state index in [1.807, 2.05) is 0 Å². The molecule has 1 atom stereocenters. The lowest BCUT2D eigenvalue weighted by Gasteiger charge is -2.29. The molecule has 0 bridgehead atoms. The quantitative estimate of drug-likeness (QED) is 0.879. The number of aromatic nitrogens is 2. The second kappa shape index (κ2) is 4.73. The smallest absolute Gasteiger partial charge is 0.121 e. The third-order valence-corrected chi connectivity index (χ3v) is 3.80. The maximum atomic E-state index is 4.68. The average molecular weight is 243 g/mol. The number of H-pyrrole nitrogens is 1. The third-order valence-electron chi connectivity index (χ3n) is 3.80. The molecule has 3 rings (SSSR count). The fraction of sp³-hybridized carbons (Fsp3) is 0.533. The standard InChI is InChI=1S/C15H21N3/c1-11-5-6-13-14(8-11)17-15(16-13)10-18-7-3-4-12(2)9-18/h5-6,8,12H,3-4,7,9-10H2,1-2H3,(H,16,17). The lowest BCUT2D eigenvalue weighted by molar-refractivity contribution is 0.173. The molecule has 2 aromatic rings. The molecule has 18 heavy (non-hydrogen) atoms. The van der Waals surface area contributed by atoms with Crippen LogP contribution in [0.1, 0.15) is 31.2 Å². The Labute approximate surface area is 108 Å². The molecule has 96 valence electrons. The molecule has 1 aliphatic rings. The Bertz CT molecular complexity index is 544. The number of benzene rings is 1. The largest absolute Gasteiger partial charge is 0.341 e. The van der Waals surface area contributed by atoms with Gasteiger partial charge in [0.25, 0.3) is 0 Å². The first-order valence-electron chi connectivity index (χ1n) is 6.88. The van der Waals surface area contributed by atoms with Crippen LogP contribution in [0.2, 0.25) is 0 Å². The van der Waals surface area contributed by atoms with Crippen molar-refractivity contribution in [1.29, 1.82) is 0 Å². The fourth-order valence-electron chi connectivity index (χ4n) is 2.89. The molecule has 1 unspecified atom stereocenters. The molecule has 3 nitrogen and oxygen atoms in total. The van der Waals surface area contributed by atoms with Gasteiger partial charge < -0.3 is 4.98 Å². The SMILES string of the molecule is Cc1ccc2nc(CN3CCCC(C)C3)[nH]c2c1. The predicted octanol–water partition coefficient (Wildman–Crippen LogP) is 3.10. The van der Waals surface area contributed by atoms with Crippen molar-refractivity contribution in [2.75, 3.05) is 13.1 Å². The molecule has 0 saturated carbocycles. The monoisotopic (exact) mass is 243 g/mol. The summed E-state index contributed by atoms with van der Waals surface area (Å²) in [4.78, 5) is 10.6. The first kappa shape index (κ1) is 11.7. The molecule has 1 aromatic carbocycles. The van der Waals surface area contributed by atoms with Crippen LogP contribution in [0, 0.1) is 12.8 Å². The van der Waals surface area contributed by atoms with Gasteiger partial charge in [0, 0.05) is 6.54 Å². The Kier molecular flexibility index (Phi) is 3.08. The van der Waals surface area contributed by atoms with Crippen molar-refractivity contribution in [3.8, 4) is 0 Å². The summed E-state index contributed by atoms with van der Waals surface area (Å²) in [5.74, 6) is 1.93. The van der Waals surface area contributed by atoms with Gasteiger partial charge in [-0.1, -0.05) is 13.0 Å². The van der Waals surface area contributed by atoms with Crippen LogP contribution in [0.5, 0.6) is 0 Å². The minimum Gasteiger partial charge on any atom is -0.341 e. The number of piperidine rings is 1. The number of likely N-dealkylation sites (tertiary alicyclic amines) is 1. The lowest BCUT2D eigenvalue weighted by atomic mass is 10.0. The van der Waals surface area contributed by atoms with Crippen LogP contribution in [0.3, 0.4) is 0 Å². The molecule has 0 spiro atoms. The summed E-state index contributed by atoms with van der Waals surface area (Å²) >= 11 is 0. The van der Waals surface area contributed by atoms with Crippen LogP contribution in [0.4, 0.5) is 0 Å². The fourth-order valence-corrected chi connectivity index (χ4v) is 2.89. The molecule has 1 aliphatic heterocycles. The van der Waals surface area contributed by atoms with Gasteiger partial charge in [-0.05, 0) is 49.9 Å². The van der Waals surface area contributed by atoms with E-state index in [1.54, 1.807) is 0 Å². The van der Waals surface area contributed by atoms with Gasteiger partial charge >= 0.3 is 0 Å². The van der Waals surface area contributed by atoms with Crippen molar-refractivity contribution in [2.45, 2.75) is 33.2 Å². The summed E-state index contributed by atoms with van der Waals surface area (Å²) in [7, 11) is 0. The Morgan fingerprint density at radius 3 is 3.17 bits per heavy atom. The van der Waals surface area contributed by atoms with Gasteiger partial charge in [0.2, 0.25) is 0 Å². The van der Waals surface area contributed by atoms with E-state index in [1.165, 1.54) is 31.5 Å². The van der Waals surface area contributed by atoms with Crippen molar-refractivity contribution < 1.29 is 0 Å². The van der Waals surface area contributed by atoms with Crippen LogP contribution in [0.15, 0.2) is 18.2 Å². The number of hydrogen-bond acceptors (Lipinski definition) is 2. The molecule has 0 radical (unpaired) electrons. The van der Waals surface area contributed by atoms with Gasteiger partial charge in [-0.15, -0.1) is 0 Å². The molecule has 2 heterocycles. The highest BCUT2D eigenvalue weighted by atomic mass is 15.2. The Hall–Kier alpha value is -1.35. The van der Waals surface area contributed by atoms with Gasteiger partial charge in [0.15, 0.2) is 0 Å². The second-order valence-corrected chi connectivity index (χ2v) is 5.69. The topological polar surface area (TPSA) is 31.9 Å². The van der Waals surface area contributed by atoms with Crippen LogP contribution in [-0.4, -0.2) is 28.0 Å². The molecule has 3 heteroatoms. The van der Waals surface area contributed by atoms with Gasteiger partial charge in [0.05, 0.1) is 17.6 Å². The average Bonchev–Trinajstić information content (AvgIpc) is 2.70. The number of nitrogens with zero attached hydrogens (tertiary/aromatic N) is 2. The van der Waals surface area contributed by atoms with Gasteiger partial charge in [-0.2, -0.15) is 0 Å². The Balaban J connectivity index is 1.78. The zero-order valence-corrected chi connectivity index (χ0v) is 11.2. The summed E-state index contributed by atoms with van der Waals surface area (Å²) in [6, 6.07) is 6.39. The minimum absolute atomic E-state index is 0.824. The summed E-state index contributed by atoms with van der Waals surface area (Å²) in [5, 5.41) is 0. The highest BCUT2D eigenvalue weighted by molar-refractivity contribution is 5.75. The van der Waals surface area contributed by atoms with Gasteiger partial charge in [-0.3, -0.25) is 4.90 Å². The van der Waals surface area contributed by atoms with E-state index in [2.05, 4.69) is 46.9 Å². The molecular weight excluding hydrogens is 222 g/mol. The van der Waals surface area contributed by atoms with Crippen LogP contribution < -0.4 is 0 Å². The number of aryl methyl sites for hydroxylation is 1. The highest BCUT2D eigenvalue weighted by Gasteiger charge is 2.17. The highest BCUT2D eigenvalue weighted by Crippen LogP contribution is 2.19. The molecule has 0 amide bonds. The van der Waals surface area contributed by atoms with E-state index in [0.29, 0.717) is 0 Å². The van der Waals surface area contributed by atoms with E-state index in [0.717, 1.165) is 29.3 Å². The number of nitrogens with one attached hydrogen (secondary N) is 1. The predicted molar refractivity (Wildman–Crippen MR) is 74.5 cm³/mol. The van der Waals surface area contributed by atoms with E-state index in [9.17, 15) is 0 Å². The van der Waals surface area contributed by atoms with Crippen molar-refractivity contribution in [1.82, 2.24) is 14.9 Å².